The monoisotopic (exact) mass is 227 g/mol. The molecule has 0 radical (unpaired) electrons. The van der Waals surface area contributed by atoms with Crippen LogP contribution < -0.4 is 5.32 Å². The smallest absolute Gasteiger partial charge is 0.323 e. The summed E-state index contributed by atoms with van der Waals surface area (Å²) in [6, 6.07) is 0.399. The number of esters is 1. The Balaban J connectivity index is 2.51. The summed E-state index contributed by atoms with van der Waals surface area (Å²) < 4.78 is 4.89. The maximum Gasteiger partial charge on any atom is 0.323 e. The Labute approximate surface area is 98.9 Å². The van der Waals surface area contributed by atoms with Crippen molar-refractivity contribution in [3.05, 3.63) is 0 Å². The third-order valence-electron chi connectivity index (χ3n) is 3.54. The lowest BCUT2D eigenvalue weighted by atomic mass is 9.96. The number of nitrogens with one attached hydrogen (secondary N) is 1. The zero-order chi connectivity index (χ0) is 12.0. The van der Waals surface area contributed by atoms with Crippen LogP contribution in [0.5, 0.6) is 0 Å². The summed E-state index contributed by atoms with van der Waals surface area (Å²) in [6.45, 7) is 4.29. The molecule has 16 heavy (non-hydrogen) atoms. The minimum atomic E-state index is -0.118. The number of carbonyl (C=O) groups excluding carboxylic acids is 1. The number of hydrogen-bond acceptors (Lipinski definition) is 3. The van der Waals surface area contributed by atoms with E-state index in [9.17, 15) is 4.79 Å². The lowest BCUT2D eigenvalue weighted by Gasteiger charge is -2.26. The highest BCUT2D eigenvalue weighted by Crippen LogP contribution is 2.21. The average Bonchev–Trinajstić information content (AvgIpc) is 2.78. The topological polar surface area (TPSA) is 38.3 Å². The summed E-state index contributed by atoms with van der Waals surface area (Å²) in [6.07, 6.45) is 7.15. The fraction of sp³-hybridized carbons (Fsp3) is 0.923. The maximum atomic E-state index is 11.7. The predicted octanol–water partition coefficient (Wildman–Crippen LogP) is 2.50. The largest absolute Gasteiger partial charge is 0.468 e. The summed E-state index contributed by atoms with van der Waals surface area (Å²) in [5.74, 6) is 0.255. The zero-order valence-electron chi connectivity index (χ0n) is 10.8. The first-order valence-electron chi connectivity index (χ1n) is 6.53. The number of rotatable bonds is 6. The fourth-order valence-corrected chi connectivity index (χ4v) is 2.56. The van der Waals surface area contributed by atoms with Gasteiger partial charge in [0.05, 0.1) is 7.11 Å². The van der Waals surface area contributed by atoms with E-state index in [0.29, 0.717) is 12.0 Å². The standard InChI is InChI=1S/C13H25NO2/c1-4-7-10(2)12(13(15)16-3)14-11-8-5-6-9-11/h10-12,14H,4-9H2,1-3H3. The van der Waals surface area contributed by atoms with Crippen molar-refractivity contribution >= 4 is 5.97 Å². The van der Waals surface area contributed by atoms with Gasteiger partial charge in [-0.1, -0.05) is 33.1 Å². The molecule has 0 spiro atoms. The summed E-state index contributed by atoms with van der Waals surface area (Å²) in [4.78, 5) is 11.7. The molecule has 0 amide bonds. The van der Waals surface area contributed by atoms with Gasteiger partial charge in [-0.15, -0.1) is 0 Å². The van der Waals surface area contributed by atoms with Gasteiger partial charge >= 0.3 is 5.97 Å². The molecule has 3 heteroatoms. The van der Waals surface area contributed by atoms with Gasteiger partial charge in [0.2, 0.25) is 0 Å². The average molecular weight is 227 g/mol. The van der Waals surface area contributed by atoms with Gasteiger partial charge in [-0.3, -0.25) is 4.79 Å². The Kier molecular flexibility index (Phi) is 5.81. The Morgan fingerprint density at radius 1 is 1.44 bits per heavy atom. The van der Waals surface area contributed by atoms with Crippen LogP contribution in [0.4, 0.5) is 0 Å². The van der Waals surface area contributed by atoms with Gasteiger partial charge in [-0.2, -0.15) is 0 Å². The van der Waals surface area contributed by atoms with Gasteiger partial charge in [0.25, 0.3) is 0 Å². The fourth-order valence-electron chi connectivity index (χ4n) is 2.56. The molecule has 1 rings (SSSR count). The van der Waals surface area contributed by atoms with Crippen LogP contribution in [0.3, 0.4) is 0 Å². The van der Waals surface area contributed by atoms with Crippen LogP contribution >= 0.6 is 0 Å². The van der Waals surface area contributed by atoms with Crippen LogP contribution in [0.25, 0.3) is 0 Å². The molecule has 0 aromatic carbocycles. The van der Waals surface area contributed by atoms with E-state index >= 15 is 0 Å². The number of carbonyl (C=O) groups is 1. The van der Waals surface area contributed by atoms with E-state index in [1.165, 1.54) is 32.8 Å². The summed E-state index contributed by atoms with van der Waals surface area (Å²) >= 11 is 0. The first-order valence-corrected chi connectivity index (χ1v) is 6.53. The van der Waals surface area contributed by atoms with Crippen LogP contribution in [0.15, 0.2) is 0 Å². The highest BCUT2D eigenvalue weighted by atomic mass is 16.5. The van der Waals surface area contributed by atoms with E-state index in [-0.39, 0.29) is 12.0 Å². The second kappa shape index (κ2) is 6.89. The Morgan fingerprint density at radius 2 is 2.06 bits per heavy atom. The molecule has 2 atom stereocenters. The second-order valence-corrected chi connectivity index (χ2v) is 4.91. The lowest BCUT2D eigenvalue weighted by Crippen LogP contribution is -2.46. The third kappa shape index (κ3) is 3.78. The van der Waals surface area contributed by atoms with E-state index in [0.717, 1.165) is 12.8 Å². The third-order valence-corrected chi connectivity index (χ3v) is 3.54. The maximum absolute atomic E-state index is 11.7. The van der Waals surface area contributed by atoms with E-state index < -0.39 is 0 Å². The van der Waals surface area contributed by atoms with Crippen molar-refractivity contribution in [1.82, 2.24) is 5.32 Å². The molecule has 1 fully saturated rings. The number of ether oxygens (including phenoxy) is 1. The van der Waals surface area contributed by atoms with Gasteiger partial charge in [0, 0.05) is 6.04 Å². The first kappa shape index (κ1) is 13.5. The molecule has 0 aromatic rings. The van der Waals surface area contributed by atoms with Gasteiger partial charge in [-0.05, 0) is 25.2 Å². The summed E-state index contributed by atoms with van der Waals surface area (Å²) in [5.41, 5.74) is 0. The van der Waals surface area contributed by atoms with Crippen LogP contribution in [0.1, 0.15) is 52.4 Å². The molecular weight excluding hydrogens is 202 g/mol. The summed E-state index contributed by atoms with van der Waals surface area (Å²) in [7, 11) is 1.48. The SMILES string of the molecule is CCCC(C)C(NC1CCCC1)C(=O)OC. The van der Waals surface area contributed by atoms with Crippen molar-refractivity contribution in [3.63, 3.8) is 0 Å². The van der Waals surface area contributed by atoms with Crippen molar-refractivity contribution in [2.45, 2.75) is 64.5 Å². The highest BCUT2D eigenvalue weighted by molar-refractivity contribution is 5.76. The minimum Gasteiger partial charge on any atom is -0.468 e. The van der Waals surface area contributed by atoms with Crippen LogP contribution in [-0.4, -0.2) is 25.2 Å². The molecule has 1 aliphatic carbocycles. The van der Waals surface area contributed by atoms with Crippen LogP contribution in [-0.2, 0) is 9.53 Å². The van der Waals surface area contributed by atoms with Crippen LogP contribution in [0, 0.1) is 5.92 Å². The normalized spacial score (nSPS) is 20.7. The molecule has 0 aromatic heterocycles. The molecule has 1 aliphatic rings. The van der Waals surface area contributed by atoms with E-state index in [1.807, 2.05) is 0 Å². The van der Waals surface area contributed by atoms with Crippen molar-refractivity contribution in [1.29, 1.82) is 0 Å². The molecule has 0 bridgehead atoms. The molecule has 0 heterocycles. The minimum absolute atomic E-state index is 0.104. The second-order valence-electron chi connectivity index (χ2n) is 4.91. The van der Waals surface area contributed by atoms with Gasteiger partial charge < -0.3 is 10.1 Å². The van der Waals surface area contributed by atoms with E-state index in [4.69, 9.17) is 4.74 Å². The predicted molar refractivity (Wildman–Crippen MR) is 65.3 cm³/mol. The Hall–Kier alpha value is -0.570. The molecule has 3 nitrogen and oxygen atoms in total. The molecule has 1 N–H and O–H groups in total. The molecule has 2 unspecified atom stereocenters. The zero-order valence-corrected chi connectivity index (χ0v) is 10.8. The van der Waals surface area contributed by atoms with Crippen molar-refractivity contribution in [3.8, 4) is 0 Å². The van der Waals surface area contributed by atoms with Crippen molar-refractivity contribution in [2.75, 3.05) is 7.11 Å². The number of methoxy groups -OCH3 is 1. The first-order chi connectivity index (χ1) is 7.69. The van der Waals surface area contributed by atoms with Gasteiger partial charge in [0.15, 0.2) is 0 Å². The highest BCUT2D eigenvalue weighted by Gasteiger charge is 2.28. The lowest BCUT2D eigenvalue weighted by molar-refractivity contribution is -0.144. The molecule has 0 aliphatic heterocycles. The van der Waals surface area contributed by atoms with Gasteiger partial charge in [0.1, 0.15) is 6.04 Å². The van der Waals surface area contributed by atoms with E-state index in [1.54, 1.807) is 0 Å². The van der Waals surface area contributed by atoms with Crippen molar-refractivity contribution in [2.24, 2.45) is 5.92 Å². The summed E-state index contributed by atoms with van der Waals surface area (Å²) in [5, 5.41) is 3.48. The Bertz CT molecular complexity index is 212. The molecule has 1 saturated carbocycles. The van der Waals surface area contributed by atoms with Gasteiger partial charge in [-0.25, -0.2) is 0 Å². The molecule has 0 saturated heterocycles. The molecular formula is C13H25NO2. The van der Waals surface area contributed by atoms with E-state index in [2.05, 4.69) is 19.2 Å². The molecule has 94 valence electrons. The Morgan fingerprint density at radius 3 is 2.56 bits per heavy atom. The quantitative estimate of drug-likeness (QED) is 0.708. The van der Waals surface area contributed by atoms with Crippen molar-refractivity contribution < 1.29 is 9.53 Å². The van der Waals surface area contributed by atoms with Crippen LogP contribution in [0.2, 0.25) is 0 Å². The number of hydrogen-bond donors (Lipinski definition) is 1.